The van der Waals surface area contributed by atoms with Gasteiger partial charge in [-0.2, -0.15) is 0 Å². The van der Waals surface area contributed by atoms with E-state index in [0.29, 0.717) is 0 Å². The van der Waals surface area contributed by atoms with E-state index < -0.39 is 8.07 Å². The lowest BCUT2D eigenvalue weighted by Gasteiger charge is -2.38. The molecule has 0 fully saturated rings. The Kier molecular flexibility index (Phi) is 4.48. The van der Waals surface area contributed by atoms with E-state index in [1.165, 1.54) is 32.2 Å². The van der Waals surface area contributed by atoms with Crippen molar-refractivity contribution in [3.05, 3.63) is 120 Å². The van der Waals surface area contributed by atoms with Gasteiger partial charge in [0, 0.05) is 5.54 Å². The first-order valence-corrected chi connectivity index (χ1v) is 11.1. The van der Waals surface area contributed by atoms with E-state index in [-0.39, 0.29) is 0 Å². The number of rotatable bonds is 4. The van der Waals surface area contributed by atoms with Gasteiger partial charge in [-0.25, -0.2) is 0 Å². The molecule has 0 N–H and O–H groups in total. The first-order chi connectivity index (χ1) is 12.7. The Morgan fingerprint density at radius 1 is 0.500 bits per heavy atom. The maximum Gasteiger partial charge on any atom is 0.163 e. The number of hydrogen-bond acceptors (Lipinski definition) is 0. The average Bonchev–Trinajstić information content (AvgIpc) is 3.04. The minimum atomic E-state index is -2.32. The van der Waals surface area contributed by atoms with Crippen molar-refractivity contribution in [3.63, 3.8) is 0 Å². The molecule has 0 saturated heterocycles. The van der Waals surface area contributed by atoms with Crippen LogP contribution in [0.1, 0.15) is 13.8 Å². The molecule has 0 heterocycles. The Morgan fingerprint density at radius 3 is 1.19 bits per heavy atom. The van der Waals surface area contributed by atoms with Crippen LogP contribution < -0.4 is 15.6 Å². The largest absolute Gasteiger partial charge is 0.163 e. The van der Waals surface area contributed by atoms with Crippen molar-refractivity contribution in [2.24, 2.45) is 0 Å². The molecule has 3 aromatic rings. The van der Waals surface area contributed by atoms with Crippen molar-refractivity contribution >= 4 is 23.6 Å². The molecular formula is C25H23Si. The summed E-state index contributed by atoms with van der Waals surface area (Å²) in [6.07, 6.45) is 4.64. The van der Waals surface area contributed by atoms with Crippen LogP contribution in [0.25, 0.3) is 0 Å². The summed E-state index contributed by atoms with van der Waals surface area (Å²) in [5.74, 6) is 0. The molecule has 26 heavy (non-hydrogen) atoms. The maximum absolute atomic E-state index is 2.36. The second-order valence-electron chi connectivity index (χ2n) is 6.90. The van der Waals surface area contributed by atoms with Crippen LogP contribution in [0.5, 0.6) is 0 Å². The molecule has 0 nitrogen and oxygen atoms in total. The van der Waals surface area contributed by atoms with Gasteiger partial charge in [-0.05, 0) is 29.4 Å². The Labute approximate surface area is 157 Å². The van der Waals surface area contributed by atoms with Crippen LogP contribution in [0.3, 0.4) is 0 Å². The van der Waals surface area contributed by atoms with Crippen molar-refractivity contribution in [1.82, 2.24) is 0 Å². The summed E-state index contributed by atoms with van der Waals surface area (Å²) in [6.45, 7) is 4.50. The fourth-order valence-corrected chi connectivity index (χ4v) is 9.21. The van der Waals surface area contributed by atoms with Crippen molar-refractivity contribution in [2.75, 3.05) is 0 Å². The molecular weight excluding hydrogens is 328 g/mol. The number of hydrogen-bond donors (Lipinski definition) is 0. The van der Waals surface area contributed by atoms with Gasteiger partial charge in [0.05, 0.1) is 0 Å². The van der Waals surface area contributed by atoms with Crippen molar-refractivity contribution in [3.8, 4) is 0 Å². The van der Waals surface area contributed by atoms with Crippen LogP contribution in [-0.4, -0.2) is 8.07 Å². The van der Waals surface area contributed by atoms with Crippen LogP contribution in [0, 0.1) is 5.54 Å². The average molecular weight is 352 g/mol. The standard InChI is InChI=1S/C25H23Si/c1-20-18-19-25(21(20)2)26(22-12-6-3-7-13-22,23-14-8-4-9-15-23)24-16-10-5-11-17-24/h3-19H,1-2H3. The molecule has 1 heteroatoms. The lowest BCUT2D eigenvalue weighted by atomic mass is 10.2. The zero-order valence-corrected chi connectivity index (χ0v) is 16.3. The Bertz CT molecular complexity index is 841. The fourth-order valence-electron chi connectivity index (χ4n) is 4.11. The zero-order chi connectivity index (χ0) is 18.0. The van der Waals surface area contributed by atoms with Gasteiger partial charge in [-0.1, -0.05) is 114 Å². The molecule has 0 aliphatic heterocycles. The molecule has 1 aliphatic carbocycles. The van der Waals surface area contributed by atoms with Crippen LogP contribution >= 0.6 is 0 Å². The highest BCUT2D eigenvalue weighted by molar-refractivity contribution is 7.15. The highest BCUT2D eigenvalue weighted by atomic mass is 28.3. The third-order valence-corrected chi connectivity index (χ3v) is 10.5. The van der Waals surface area contributed by atoms with E-state index in [4.69, 9.17) is 0 Å². The lowest BCUT2D eigenvalue weighted by molar-refractivity contribution is 1.33. The van der Waals surface area contributed by atoms with E-state index >= 15 is 0 Å². The van der Waals surface area contributed by atoms with Crippen molar-refractivity contribution < 1.29 is 0 Å². The quantitative estimate of drug-likeness (QED) is 0.489. The maximum atomic E-state index is 2.36. The minimum absolute atomic E-state index is 1.37. The topological polar surface area (TPSA) is 0 Å². The van der Waals surface area contributed by atoms with E-state index in [9.17, 15) is 0 Å². The summed E-state index contributed by atoms with van der Waals surface area (Å²) >= 11 is 0. The predicted octanol–water partition coefficient (Wildman–Crippen LogP) is 4.18. The van der Waals surface area contributed by atoms with E-state index in [0.717, 1.165) is 0 Å². The van der Waals surface area contributed by atoms with E-state index in [2.05, 4.69) is 117 Å². The third-order valence-electron chi connectivity index (χ3n) is 5.52. The lowest BCUT2D eigenvalue weighted by Crippen LogP contribution is -2.70. The van der Waals surface area contributed by atoms with Gasteiger partial charge in [0.25, 0.3) is 0 Å². The van der Waals surface area contributed by atoms with Crippen LogP contribution in [0.2, 0.25) is 0 Å². The van der Waals surface area contributed by atoms with Crippen molar-refractivity contribution in [2.45, 2.75) is 13.8 Å². The van der Waals surface area contributed by atoms with Gasteiger partial charge in [0.15, 0.2) is 8.07 Å². The molecule has 0 atom stereocenters. The highest BCUT2D eigenvalue weighted by Gasteiger charge is 2.47. The van der Waals surface area contributed by atoms with E-state index in [1.54, 1.807) is 0 Å². The molecule has 0 bridgehead atoms. The summed E-state index contributed by atoms with van der Waals surface area (Å²) in [4.78, 5) is 0. The van der Waals surface area contributed by atoms with Gasteiger partial charge in [0.2, 0.25) is 0 Å². The molecule has 1 radical (unpaired) electrons. The monoisotopic (exact) mass is 351 g/mol. The molecule has 0 spiro atoms. The van der Waals surface area contributed by atoms with Crippen molar-refractivity contribution in [1.29, 1.82) is 0 Å². The molecule has 0 saturated carbocycles. The first-order valence-electron chi connectivity index (χ1n) is 9.14. The summed E-state index contributed by atoms with van der Waals surface area (Å²) in [6, 6.07) is 33.3. The second kappa shape index (κ2) is 6.93. The van der Waals surface area contributed by atoms with Crippen LogP contribution in [-0.2, 0) is 0 Å². The van der Waals surface area contributed by atoms with Crippen LogP contribution in [0.15, 0.2) is 114 Å². The first kappa shape index (κ1) is 16.8. The summed E-state index contributed by atoms with van der Waals surface area (Å²) < 4.78 is 0. The molecule has 3 aromatic carbocycles. The number of benzene rings is 3. The van der Waals surface area contributed by atoms with Gasteiger partial charge in [-0.3, -0.25) is 0 Å². The number of allylic oxidation sites excluding steroid dienone is 4. The highest BCUT2D eigenvalue weighted by Crippen LogP contribution is 2.34. The van der Waals surface area contributed by atoms with Gasteiger partial charge in [0.1, 0.15) is 0 Å². The molecule has 0 amide bonds. The van der Waals surface area contributed by atoms with Gasteiger partial charge in [-0.15, -0.1) is 0 Å². The smallest absolute Gasteiger partial charge is 0.0748 e. The molecule has 0 aromatic heterocycles. The second-order valence-corrected chi connectivity index (χ2v) is 10.7. The zero-order valence-electron chi connectivity index (χ0n) is 15.3. The summed E-state index contributed by atoms with van der Waals surface area (Å²) in [5, 5.41) is 4.31. The minimum Gasteiger partial charge on any atom is -0.0748 e. The normalized spacial score (nSPS) is 14.8. The Morgan fingerprint density at radius 2 is 0.885 bits per heavy atom. The SMILES string of the molecule is CC1=C(C)[C]([Si](c2ccccc2)(c2ccccc2)c2ccccc2)C=C1. The molecule has 127 valence electrons. The summed E-state index contributed by atoms with van der Waals surface area (Å²) in [5.41, 5.74) is 4.30. The Hall–Kier alpha value is -2.64. The predicted molar refractivity (Wildman–Crippen MR) is 115 cm³/mol. The van der Waals surface area contributed by atoms with E-state index in [1.807, 2.05) is 0 Å². The molecule has 1 aliphatic rings. The fraction of sp³-hybridized carbons (Fsp3) is 0.0800. The Balaban J connectivity index is 2.10. The van der Waals surface area contributed by atoms with Crippen LogP contribution in [0.4, 0.5) is 0 Å². The van der Waals surface area contributed by atoms with Gasteiger partial charge < -0.3 is 0 Å². The molecule has 4 rings (SSSR count). The summed E-state index contributed by atoms with van der Waals surface area (Å²) in [7, 11) is -2.32. The van der Waals surface area contributed by atoms with Gasteiger partial charge >= 0.3 is 0 Å². The third kappa shape index (κ3) is 2.60. The molecule has 0 unspecified atom stereocenters.